The van der Waals surface area contributed by atoms with Gasteiger partial charge in [0.1, 0.15) is 5.69 Å². The molecule has 0 spiro atoms. The molecule has 0 aromatic carbocycles. The SMILES string of the molecule is Cc1cccc(C(=O)NC2(C)CCNCC2)n1. The maximum Gasteiger partial charge on any atom is 0.270 e. The Balaban J connectivity index is 2.06. The Labute approximate surface area is 102 Å². The normalized spacial score (nSPS) is 18.7. The monoisotopic (exact) mass is 233 g/mol. The molecule has 0 unspecified atom stereocenters. The van der Waals surface area contributed by atoms with Crippen molar-refractivity contribution in [3.8, 4) is 0 Å². The molecule has 2 N–H and O–H groups in total. The van der Waals surface area contributed by atoms with Gasteiger partial charge in [-0.25, -0.2) is 4.98 Å². The molecule has 1 fully saturated rings. The number of aryl methyl sites for hydroxylation is 1. The van der Waals surface area contributed by atoms with Crippen molar-refractivity contribution in [2.45, 2.75) is 32.2 Å². The number of nitrogens with zero attached hydrogens (tertiary/aromatic N) is 1. The summed E-state index contributed by atoms with van der Waals surface area (Å²) in [6, 6.07) is 5.51. The van der Waals surface area contributed by atoms with Gasteiger partial charge in [-0.15, -0.1) is 0 Å². The molecule has 0 aliphatic carbocycles. The van der Waals surface area contributed by atoms with Crippen molar-refractivity contribution in [2.24, 2.45) is 0 Å². The molecule has 0 bridgehead atoms. The molecule has 0 radical (unpaired) electrons. The summed E-state index contributed by atoms with van der Waals surface area (Å²) >= 11 is 0. The van der Waals surface area contributed by atoms with Crippen LogP contribution in [0.15, 0.2) is 18.2 Å². The van der Waals surface area contributed by atoms with Crippen LogP contribution in [0.5, 0.6) is 0 Å². The Hall–Kier alpha value is -1.42. The standard InChI is InChI=1S/C13H19N3O/c1-10-4-3-5-11(15-10)12(17)16-13(2)6-8-14-9-7-13/h3-5,14H,6-9H2,1-2H3,(H,16,17). The zero-order chi connectivity index (χ0) is 12.3. The second-order valence-electron chi connectivity index (χ2n) is 4.93. The minimum Gasteiger partial charge on any atom is -0.345 e. The van der Waals surface area contributed by atoms with Gasteiger partial charge >= 0.3 is 0 Å². The fourth-order valence-corrected chi connectivity index (χ4v) is 2.11. The van der Waals surface area contributed by atoms with Gasteiger partial charge < -0.3 is 10.6 Å². The van der Waals surface area contributed by atoms with Crippen LogP contribution < -0.4 is 10.6 Å². The lowest BCUT2D eigenvalue weighted by molar-refractivity contribution is 0.0882. The lowest BCUT2D eigenvalue weighted by Gasteiger charge is -2.34. The number of rotatable bonds is 2. The maximum absolute atomic E-state index is 12.1. The molecule has 1 aliphatic heterocycles. The average Bonchev–Trinajstić information content (AvgIpc) is 2.29. The number of hydrogen-bond acceptors (Lipinski definition) is 3. The summed E-state index contributed by atoms with van der Waals surface area (Å²) in [6.45, 7) is 5.90. The van der Waals surface area contributed by atoms with Crippen LogP contribution in [0.3, 0.4) is 0 Å². The molecule has 0 saturated carbocycles. The second kappa shape index (κ2) is 4.84. The number of carbonyl (C=O) groups excluding carboxylic acids is 1. The summed E-state index contributed by atoms with van der Waals surface area (Å²) in [5, 5.41) is 6.39. The first-order valence-corrected chi connectivity index (χ1v) is 6.06. The summed E-state index contributed by atoms with van der Waals surface area (Å²) in [5.74, 6) is -0.0712. The van der Waals surface area contributed by atoms with Crippen LogP contribution in [0, 0.1) is 6.92 Å². The molecular formula is C13H19N3O. The first-order valence-electron chi connectivity index (χ1n) is 6.06. The van der Waals surface area contributed by atoms with E-state index in [4.69, 9.17) is 0 Å². The number of nitrogens with one attached hydrogen (secondary N) is 2. The van der Waals surface area contributed by atoms with Gasteiger partial charge in [0, 0.05) is 11.2 Å². The second-order valence-corrected chi connectivity index (χ2v) is 4.93. The third-order valence-corrected chi connectivity index (χ3v) is 3.24. The van der Waals surface area contributed by atoms with Gasteiger partial charge in [0.25, 0.3) is 5.91 Å². The van der Waals surface area contributed by atoms with Crippen molar-refractivity contribution >= 4 is 5.91 Å². The van der Waals surface area contributed by atoms with Crippen LogP contribution in [0.1, 0.15) is 35.9 Å². The molecule has 0 atom stereocenters. The predicted molar refractivity (Wildman–Crippen MR) is 66.9 cm³/mol. The van der Waals surface area contributed by atoms with Crippen molar-refractivity contribution in [3.63, 3.8) is 0 Å². The quantitative estimate of drug-likeness (QED) is 0.808. The topological polar surface area (TPSA) is 54.0 Å². The number of amides is 1. The maximum atomic E-state index is 12.1. The van der Waals surface area contributed by atoms with Crippen molar-refractivity contribution in [1.29, 1.82) is 0 Å². The van der Waals surface area contributed by atoms with Crippen molar-refractivity contribution in [3.05, 3.63) is 29.6 Å². The molecule has 1 saturated heterocycles. The zero-order valence-corrected chi connectivity index (χ0v) is 10.4. The molecule has 1 amide bonds. The summed E-state index contributed by atoms with van der Waals surface area (Å²) in [5.41, 5.74) is 1.27. The van der Waals surface area contributed by atoms with E-state index in [0.29, 0.717) is 5.69 Å². The predicted octanol–water partition coefficient (Wildman–Crippen LogP) is 1.26. The average molecular weight is 233 g/mol. The Bertz CT molecular complexity index is 411. The Morgan fingerprint density at radius 1 is 1.41 bits per heavy atom. The lowest BCUT2D eigenvalue weighted by atomic mass is 9.90. The van der Waals surface area contributed by atoms with Crippen molar-refractivity contribution in [2.75, 3.05) is 13.1 Å². The van der Waals surface area contributed by atoms with Crippen LogP contribution in [-0.2, 0) is 0 Å². The van der Waals surface area contributed by atoms with E-state index in [2.05, 4.69) is 22.5 Å². The molecule has 4 heteroatoms. The summed E-state index contributed by atoms with van der Waals surface area (Å²) in [4.78, 5) is 16.3. The number of aromatic nitrogens is 1. The van der Waals surface area contributed by atoms with Gasteiger partial charge in [-0.05, 0) is 51.9 Å². The molecule has 17 heavy (non-hydrogen) atoms. The van der Waals surface area contributed by atoms with E-state index in [0.717, 1.165) is 31.6 Å². The van der Waals surface area contributed by atoms with Crippen molar-refractivity contribution in [1.82, 2.24) is 15.6 Å². The van der Waals surface area contributed by atoms with Gasteiger partial charge in [0.15, 0.2) is 0 Å². The van der Waals surface area contributed by atoms with Gasteiger partial charge in [0.05, 0.1) is 0 Å². The third-order valence-electron chi connectivity index (χ3n) is 3.24. The van der Waals surface area contributed by atoms with E-state index in [1.54, 1.807) is 6.07 Å². The third kappa shape index (κ3) is 3.03. The first-order chi connectivity index (χ1) is 8.09. The number of piperidine rings is 1. The highest BCUT2D eigenvalue weighted by Gasteiger charge is 2.28. The van der Waals surface area contributed by atoms with Crippen LogP contribution in [0.2, 0.25) is 0 Å². The minimum atomic E-state index is -0.103. The molecule has 2 heterocycles. The summed E-state index contributed by atoms with van der Waals surface area (Å²) in [7, 11) is 0. The fraction of sp³-hybridized carbons (Fsp3) is 0.538. The molecule has 4 nitrogen and oxygen atoms in total. The minimum absolute atomic E-state index is 0.0712. The fourth-order valence-electron chi connectivity index (χ4n) is 2.11. The van der Waals surface area contributed by atoms with E-state index in [1.807, 2.05) is 19.1 Å². The van der Waals surface area contributed by atoms with Crippen LogP contribution >= 0.6 is 0 Å². The Morgan fingerprint density at radius 3 is 2.76 bits per heavy atom. The van der Waals surface area contributed by atoms with Crippen LogP contribution in [0.4, 0.5) is 0 Å². The molecule has 92 valence electrons. The molecule has 1 aromatic heterocycles. The smallest absolute Gasteiger partial charge is 0.270 e. The number of carbonyl (C=O) groups is 1. The Morgan fingerprint density at radius 2 is 2.12 bits per heavy atom. The van der Waals surface area contributed by atoms with Crippen molar-refractivity contribution < 1.29 is 4.79 Å². The lowest BCUT2D eigenvalue weighted by Crippen LogP contribution is -2.52. The highest BCUT2D eigenvalue weighted by atomic mass is 16.2. The largest absolute Gasteiger partial charge is 0.345 e. The highest BCUT2D eigenvalue weighted by Crippen LogP contribution is 2.17. The van der Waals surface area contributed by atoms with Crippen LogP contribution in [0.25, 0.3) is 0 Å². The summed E-state index contributed by atoms with van der Waals surface area (Å²) in [6.07, 6.45) is 1.93. The molecule has 1 aliphatic rings. The van der Waals surface area contributed by atoms with E-state index in [-0.39, 0.29) is 11.4 Å². The van der Waals surface area contributed by atoms with Gasteiger partial charge in [-0.3, -0.25) is 4.79 Å². The molecule has 1 aromatic rings. The molecular weight excluding hydrogens is 214 g/mol. The van der Waals surface area contributed by atoms with Crippen LogP contribution in [-0.4, -0.2) is 29.5 Å². The first kappa shape index (κ1) is 12.0. The van der Waals surface area contributed by atoms with E-state index in [9.17, 15) is 4.79 Å². The zero-order valence-electron chi connectivity index (χ0n) is 10.4. The van der Waals surface area contributed by atoms with E-state index in [1.165, 1.54) is 0 Å². The molecule has 2 rings (SSSR count). The highest BCUT2D eigenvalue weighted by molar-refractivity contribution is 5.92. The van der Waals surface area contributed by atoms with Gasteiger partial charge in [-0.1, -0.05) is 6.07 Å². The van der Waals surface area contributed by atoms with Gasteiger partial charge in [-0.2, -0.15) is 0 Å². The number of hydrogen-bond donors (Lipinski definition) is 2. The Kier molecular flexibility index (Phi) is 3.43. The van der Waals surface area contributed by atoms with E-state index < -0.39 is 0 Å². The van der Waals surface area contributed by atoms with E-state index >= 15 is 0 Å². The summed E-state index contributed by atoms with van der Waals surface area (Å²) < 4.78 is 0. The number of pyridine rings is 1. The van der Waals surface area contributed by atoms with Gasteiger partial charge in [0.2, 0.25) is 0 Å².